The fourth-order valence-electron chi connectivity index (χ4n) is 5.80. The van der Waals surface area contributed by atoms with Crippen molar-refractivity contribution in [2.24, 2.45) is 0 Å². The Bertz CT molecular complexity index is 1530. The number of terminal acetylenes is 2. The predicted octanol–water partition coefficient (Wildman–Crippen LogP) is 4.89. The van der Waals surface area contributed by atoms with Crippen LogP contribution < -0.4 is 14.5 Å². The Labute approximate surface area is 264 Å². The average molecular weight is 601 g/mol. The van der Waals surface area contributed by atoms with Crippen molar-refractivity contribution in [2.75, 3.05) is 62.4 Å². The molecule has 4 aromatic rings. The Morgan fingerprint density at radius 2 is 0.800 bits per heavy atom. The van der Waals surface area contributed by atoms with Crippen molar-refractivity contribution in [2.45, 2.75) is 11.2 Å². The van der Waals surface area contributed by atoms with Crippen LogP contribution in [-0.2, 0) is 20.7 Å². The molecule has 45 heavy (non-hydrogen) atoms. The highest BCUT2D eigenvalue weighted by Gasteiger charge is 2.31. The smallest absolute Gasteiger partial charge is 0.176 e. The molecular formula is C38H36N2O5. The largest absolute Gasteiger partial charge is 0.457 e. The SMILES string of the molecule is C#CC(O)(c1ccc(Oc2ccc(C(O)(C#C)c3ccc(N4CCOCC4)cc3)cc2)cc1)c1ccc(N2CCOCC2)cc1. The van der Waals surface area contributed by atoms with E-state index in [1.807, 2.05) is 48.5 Å². The summed E-state index contributed by atoms with van der Waals surface area (Å²) in [6.07, 6.45) is 11.7. The molecule has 0 spiro atoms. The first-order valence-corrected chi connectivity index (χ1v) is 15.1. The minimum Gasteiger partial charge on any atom is -0.457 e. The molecule has 7 heteroatoms. The van der Waals surface area contributed by atoms with Crippen molar-refractivity contribution >= 4 is 11.4 Å². The first kappa shape index (κ1) is 30.3. The maximum absolute atomic E-state index is 11.5. The monoisotopic (exact) mass is 600 g/mol. The van der Waals surface area contributed by atoms with Gasteiger partial charge >= 0.3 is 0 Å². The third-order valence-corrected chi connectivity index (χ3v) is 8.52. The topological polar surface area (TPSA) is 74.6 Å². The normalized spacial score (nSPS) is 17.8. The lowest BCUT2D eigenvalue weighted by atomic mass is 9.87. The molecule has 2 aliphatic rings. The first-order chi connectivity index (χ1) is 21.9. The van der Waals surface area contributed by atoms with Crippen LogP contribution in [0.5, 0.6) is 11.5 Å². The molecule has 0 bridgehead atoms. The zero-order chi connectivity index (χ0) is 31.3. The van der Waals surface area contributed by atoms with E-state index < -0.39 is 11.2 Å². The standard InChI is InChI=1S/C38H36N2O5/c1-3-37(41,29-5-13-33(14-6-29)39-21-25-43-26-22-39)31-9-17-35(18-10-31)45-36-19-11-32(12-20-36)38(42,4-2)30-7-15-34(16-8-30)40-23-27-44-28-24-40/h1-2,5-20,41-42H,21-28H2. The fourth-order valence-corrected chi connectivity index (χ4v) is 5.80. The molecule has 2 N–H and O–H groups in total. The molecule has 0 amide bonds. The van der Waals surface area contributed by atoms with Gasteiger partial charge in [0.1, 0.15) is 11.5 Å². The summed E-state index contributed by atoms with van der Waals surface area (Å²) in [7, 11) is 0. The van der Waals surface area contributed by atoms with E-state index in [1.54, 1.807) is 48.5 Å². The lowest BCUT2D eigenvalue weighted by Gasteiger charge is -2.30. The van der Waals surface area contributed by atoms with Crippen molar-refractivity contribution in [1.29, 1.82) is 0 Å². The van der Waals surface area contributed by atoms with Crippen LogP contribution in [0.1, 0.15) is 22.3 Å². The van der Waals surface area contributed by atoms with E-state index in [0.29, 0.717) is 60.2 Å². The van der Waals surface area contributed by atoms with E-state index >= 15 is 0 Å². The molecule has 4 aromatic carbocycles. The molecule has 2 unspecified atom stereocenters. The summed E-state index contributed by atoms with van der Waals surface area (Å²) >= 11 is 0. The molecule has 0 aliphatic carbocycles. The lowest BCUT2D eigenvalue weighted by molar-refractivity contribution is 0.122. The number of hydrogen-bond donors (Lipinski definition) is 2. The summed E-state index contributed by atoms with van der Waals surface area (Å²) in [6, 6.07) is 29.5. The van der Waals surface area contributed by atoms with Crippen LogP contribution in [0.2, 0.25) is 0 Å². The number of anilines is 2. The molecule has 2 atom stereocenters. The van der Waals surface area contributed by atoms with E-state index in [9.17, 15) is 10.2 Å². The zero-order valence-electron chi connectivity index (χ0n) is 25.1. The molecular weight excluding hydrogens is 564 g/mol. The molecule has 6 rings (SSSR count). The van der Waals surface area contributed by atoms with Gasteiger partial charge in [-0.05, 0) is 48.5 Å². The van der Waals surface area contributed by atoms with E-state index in [1.165, 1.54) is 0 Å². The number of rotatable bonds is 8. The van der Waals surface area contributed by atoms with E-state index in [2.05, 4.69) is 21.6 Å². The number of hydrogen-bond acceptors (Lipinski definition) is 7. The minimum absolute atomic E-state index is 0.561. The zero-order valence-corrected chi connectivity index (χ0v) is 25.1. The van der Waals surface area contributed by atoms with Gasteiger partial charge in [0.2, 0.25) is 0 Å². The summed E-state index contributed by atoms with van der Waals surface area (Å²) < 4.78 is 16.9. The third kappa shape index (κ3) is 6.26. The molecule has 2 saturated heterocycles. The summed E-state index contributed by atoms with van der Waals surface area (Å²) in [5.74, 6) is 6.28. The van der Waals surface area contributed by atoms with Gasteiger partial charge in [-0.2, -0.15) is 0 Å². The van der Waals surface area contributed by atoms with Crippen LogP contribution >= 0.6 is 0 Å². The molecule has 2 heterocycles. The van der Waals surface area contributed by atoms with Crippen LogP contribution in [0.3, 0.4) is 0 Å². The Hall–Kier alpha value is -4.76. The van der Waals surface area contributed by atoms with Gasteiger partial charge in [-0.1, -0.05) is 60.4 Å². The number of morpholine rings is 2. The minimum atomic E-state index is -1.59. The van der Waals surface area contributed by atoms with Crippen LogP contribution in [0.15, 0.2) is 97.1 Å². The van der Waals surface area contributed by atoms with Crippen LogP contribution in [-0.4, -0.2) is 62.8 Å². The van der Waals surface area contributed by atoms with Gasteiger partial charge in [0.15, 0.2) is 11.2 Å². The second kappa shape index (κ2) is 13.1. The summed E-state index contributed by atoms with van der Waals surface area (Å²) in [5.41, 5.74) is 1.30. The molecule has 2 aliphatic heterocycles. The van der Waals surface area contributed by atoms with Crippen LogP contribution in [0.4, 0.5) is 11.4 Å². The highest BCUT2D eigenvalue weighted by molar-refractivity contribution is 5.54. The lowest BCUT2D eigenvalue weighted by Crippen LogP contribution is -2.36. The molecule has 2 fully saturated rings. The maximum Gasteiger partial charge on any atom is 0.176 e. The summed E-state index contributed by atoms with van der Waals surface area (Å²) in [5, 5.41) is 23.0. The molecule has 0 radical (unpaired) electrons. The average Bonchev–Trinajstić information content (AvgIpc) is 3.12. The van der Waals surface area contributed by atoms with E-state index in [4.69, 9.17) is 27.1 Å². The third-order valence-electron chi connectivity index (χ3n) is 8.52. The van der Waals surface area contributed by atoms with Gasteiger partial charge in [-0.25, -0.2) is 0 Å². The maximum atomic E-state index is 11.5. The predicted molar refractivity (Wildman–Crippen MR) is 176 cm³/mol. The van der Waals surface area contributed by atoms with Crippen molar-refractivity contribution < 1.29 is 24.4 Å². The highest BCUT2D eigenvalue weighted by atomic mass is 16.5. The number of nitrogens with zero attached hydrogens (tertiary/aromatic N) is 2. The highest BCUT2D eigenvalue weighted by Crippen LogP contribution is 2.35. The van der Waals surface area contributed by atoms with E-state index in [-0.39, 0.29) is 0 Å². The van der Waals surface area contributed by atoms with Gasteiger partial charge < -0.3 is 34.2 Å². The van der Waals surface area contributed by atoms with Gasteiger partial charge in [0.05, 0.1) is 26.4 Å². The Kier molecular flexibility index (Phi) is 8.80. The van der Waals surface area contributed by atoms with Gasteiger partial charge in [0, 0.05) is 59.8 Å². The summed E-state index contributed by atoms with van der Waals surface area (Å²) in [4.78, 5) is 4.50. The number of benzene rings is 4. The Morgan fingerprint density at radius 1 is 0.511 bits per heavy atom. The Morgan fingerprint density at radius 3 is 1.09 bits per heavy atom. The number of ether oxygens (including phenoxy) is 3. The van der Waals surface area contributed by atoms with Gasteiger partial charge in [0.25, 0.3) is 0 Å². The second-order valence-corrected chi connectivity index (χ2v) is 11.2. The second-order valence-electron chi connectivity index (χ2n) is 11.2. The van der Waals surface area contributed by atoms with Crippen molar-refractivity contribution in [3.05, 3.63) is 119 Å². The molecule has 0 saturated carbocycles. The molecule has 0 aromatic heterocycles. The van der Waals surface area contributed by atoms with E-state index in [0.717, 1.165) is 37.6 Å². The van der Waals surface area contributed by atoms with Gasteiger partial charge in [-0.15, -0.1) is 12.8 Å². The molecule has 228 valence electrons. The fraction of sp³-hybridized carbons (Fsp3) is 0.263. The van der Waals surface area contributed by atoms with Crippen LogP contribution in [0.25, 0.3) is 0 Å². The van der Waals surface area contributed by atoms with Crippen LogP contribution in [0, 0.1) is 24.7 Å². The first-order valence-electron chi connectivity index (χ1n) is 15.1. The van der Waals surface area contributed by atoms with Gasteiger partial charge in [-0.3, -0.25) is 0 Å². The quantitative estimate of drug-likeness (QED) is 0.279. The molecule has 7 nitrogen and oxygen atoms in total. The summed E-state index contributed by atoms with van der Waals surface area (Å²) in [6.45, 7) is 6.12. The number of aliphatic hydroxyl groups is 2. The van der Waals surface area contributed by atoms with Crippen molar-refractivity contribution in [1.82, 2.24) is 0 Å². The Balaban J connectivity index is 1.13. The van der Waals surface area contributed by atoms with Crippen molar-refractivity contribution in [3.63, 3.8) is 0 Å². The van der Waals surface area contributed by atoms with Crippen molar-refractivity contribution in [3.8, 4) is 36.2 Å².